The quantitative estimate of drug-likeness (QED) is 0.475. The molecule has 2 N–H and O–H groups in total. The zero-order valence-electron chi connectivity index (χ0n) is 16.6. The number of halogens is 1. The average Bonchev–Trinajstić information content (AvgIpc) is 3.02. The number of aromatic nitrogens is 4. The summed E-state index contributed by atoms with van der Waals surface area (Å²) in [7, 11) is 0. The molecule has 0 aliphatic rings. The van der Waals surface area contributed by atoms with Crippen molar-refractivity contribution in [2.24, 2.45) is 0 Å². The van der Waals surface area contributed by atoms with E-state index in [1.807, 2.05) is 32.9 Å². The summed E-state index contributed by atoms with van der Waals surface area (Å²) in [6.45, 7) is 6.58. The molecule has 0 aliphatic heterocycles. The second-order valence-electron chi connectivity index (χ2n) is 6.57. The smallest absolute Gasteiger partial charge is 0.244 e. The van der Waals surface area contributed by atoms with E-state index in [1.165, 1.54) is 18.2 Å². The van der Waals surface area contributed by atoms with E-state index < -0.39 is 0 Å². The van der Waals surface area contributed by atoms with Gasteiger partial charge in [0.15, 0.2) is 5.82 Å². The summed E-state index contributed by atoms with van der Waals surface area (Å²) in [5.74, 6) is 1.29. The minimum Gasteiger partial charge on any atom is -0.368 e. The highest BCUT2D eigenvalue weighted by molar-refractivity contribution is 5.91. The van der Waals surface area contributed by atoms with Crippen LogP contribution in [0.5, 0.6) is 0 Å². The van der Waals surface area contributed by atoms with E-state index in [0.29, 0.717) is 36.1 Å². The molecule has 29 heavy (non-hydrogen) atoms. The van der Waals surface area contributed by atoms with Gasteiger partial charge in [0.25, 0.3) is 0 Å². The monoisotopic (exact) mass is 394 g/mol. The Labute approximate surface area is 168 Å². The second-order valence-corrected chi connectivity index (χ2v) is 6.57. The van der Waals surface area contributed by atoms with Gasteiger partial charge in [-0.2, -0.15) is 5.10 Å². The van der Waals surface area contributed by atoms with Gasteiger partial charge in [0.05, 0.1) is 5.69 Å². The first-order valence-corrected chi connectivity index (χ1v) is 9.26. The lowest BCUT2D eigenvalue weighted by molar-refractivity contribution is -0.116. The first kappa shape index (κ1) is 20.2. The van der Waals surface area contributed by atoms with Crippen LogP contribution in [0.2, 0.25) is 0 Å². The zero-order valence-corrected chi connectivity index (χ0v) is 16.6. The predicted octanol–water partition coefficient (Wildman–Crippen LogP) is 2.97. The van der Waals surface area contributed by atoms with Crippen molar-refractivity contribution in [2.75, 3.05) is 18.4 Å². The molecule has 7 nitrogen and oxygen atoms in total. The molecule has 0 unspecified atom stereocenters. The maximum absolute atomic E-state index is 13.5. The van der Waals surface area contributed by atoms with Gasteiger partial charge in [-0.25, -0.2) is 19.0 Å². The van der Waals surface area contributed by atoms with Gasteiger partial charge in [0, 0.05) is 36.5 Å². The van der Waals surface area contributed by atoms with Crippen LogP contribution < -0.4 is 10.6 Å². The zero-order chi connectivity index (χ0) is 20.8. The summed E-state index contributed by atoms with van der Waals surface area (Å²) >= 11 is 0. The number of carbonyl (C=O) groups excluding carboxylic acids is 1. The topological polar surface area (TPSA) is 84.7 Å². The summed E-state index contributed by atoms with van der Waals surface area (Å²) < 4.78 is 15.3. The van der Waals surface area contributed by atoms with E-state index in [2.05, 4.69) is 25.7 Å². The number of amides is 1. The molecule has 1 aromatic carbocycles. The fourth-order valence-corrected chi connectivity index (χ4v) is 2.82. The largest absolute Gasteiger partial charge is 0.368 e. The highest BCUT2D eigenvalue weighted by Gasteiger charge is 2.08. The van der Waals surface area contributed by atoms with E-state index in [4.69, 9.17) is 0 Å². The van der Waals surface area contributed by atoms with Gasteiger partial charge in [0.1, 0.15) is 17.5 Å². The molecule has 2 aromatic heterocycles. The third-order valence-electron chi connectivity index (χ3n) is 4.10. The van der Waals surface area contributed by atoms with Crippen LogP contribution in [0.25, 0.3) is 11.9 Å². The summed E-state index contributed by atoms with van der Waals surface area (Å²) in [6, 6.07) is 10.1. The molecule has 0 radical (unpaired) electrons. The number of nitrogens with one attached hydrogen (secondary N) is 2. The van der Waals surface area contributed by atoms with Gasteiger partial charge in [0.2, 0.25) is 5.91 Å². The van der Waals surface area contributed by atoms with Crippen molar-refractivity contribution >= 4 is 17.8 Å². The van der Waals surface area contributed by atoms with Crippen molar-refractivity contribution in [1.29, 1.82) is 0 Å². The van der Waals surface area contributed by atoms with Gasteiger partial charge in [-0.3, -0.25) is 4.79 Å². The molecule has 0 fully saturated rings. The number of anilines is 1. The van der Waals surface area contributed by atoms with Crippen molar-refractivity contribution in [3.63, 3.8) is 0 Å². The van der Waals surface area contributed by atoms with Crippen LogP contribution >= 0.6 is 0 Å². The molecule has 0 atom stereocenters. The molecule has 0 aliphatic carbocycles. The maximum atomic E-state index is 13.5. The van der Waals surface area contributed by atoms with Crippen molar-refractivity contribution in [2.45, 2.75) is 20.8 Å². The van der Waals surface area contributed by atoms with Crippen molar-refractivity contribution in [1.82, 2.24) is 25.1 Å². The number of nitrogens with zero attached hydrogens (tertiary/aromatic N) is 4. The summed E-state index contributed by atoms with van der Waals surface area (Å²) in [5.41, 5.74) is 2.27. The molecular formula is C21H23FN6O. The lowest BCUT2D eigenvalue weighted by atomic mass is 10.2. The van der Waals surface area contributed by atoms with Gasteiger partial charge in [-0.05, 0) is 39.0 Å². The van der Waals surface area contributed by atoms with Crippen LogP contribution in [-0.4, -0.2) is 38.7 Å². The van der Waals surface area contributed by atoms with Crippen LogP contribution in [0.1, 0.15) is 22.8 Å². The first-order valence-electron chi connectivity index (χ1n) is 9.26. The molecule has 0 saturated carbocycles. The molecular weight excluding hydrogens is 371 g/mol. The lowest BCUT2D eigenvalue weighted by Crippen LogP contribution is -2.27. The van der Waals surface area contributed by atoms with Crippen molar-refractivity contribution in [3.05, 3.63) is 71.1 Å². The normalized spacial score (nSPS) is 11.0. The number of hydrogen-bond acceptors (Lipinski definition) is 5. The van der Waals surface area contributed by atoms with Crippen LogP contribution in [0.4, 0.5) is 10.2 Å². The number of benzene rings is 1. The van der Waals surface area contributed by atoms with E-state index in [9.17, 15) is 9.18 Å². The molecule has 2 heterocycles. The molecule has 1 amide bonds. The molecule has 0 spiro atoms. The van der Waals surface area contributed by atoms with Crippen molar-refractivity contribution in [3.8, 4) is 5.82 Å². The molecule has 8 heteroatoms. The number of carbonyl (C=O) groups is 1. The standard InChI is InChI=1S/C21H23FN6O/c1-14-12-15(2)28(27-14)20-13-19(25-16(3)26-20)23-10-11-24-21(29)9-8-17-6-4-5-7-18(17)22/h4-9,12-13H,10-11H2,1-3H3,(H,24,29)(H,23,25,26)/b9-8+. The van der Waals surface area contributed by atoms with Crippen molar-refractivity contribution < 1.29 is 9.18 Å². The highest BCUT2D eigenvalue weighted by Crippen LogP contribution is 2.13. The Kier molecular flexibility index (Phi) is 6.33. The SMILES string of the molecule is Cc1cc(C)n(-c2cc(NCCNC(=O)/C=C/c3ccccc3F)nc(C)n2)n1. The van der Waals surface area contributed by atoms with Gasteiger partial charge >= 0.3 is 0 Å². The lowest BCUT2D eigenvalue weighted by Gasteiger charge is -2.10. The molecule has 3 aromatic rings. The summed E-state index contributed by atoms with van der Waals surface area (Å²) in [6.07, 6.45) is 2.76. The van der Waals surface area contributed by atoms with E-state index in [0.717, 1.165) is 11.4 Å². The van der Waals surface area contributed by atoms with E-state index in [-0.39, 0.29) is 11.7 Å². The van der Waals surface area contributed by atoms with Gasteiger partial charge in [-0.1, -0.05) is 18.2 Å². The average molecular weight is 394 g/mol. The Bertz CT molecular complexity index is 1040. The third kappa shape index (κ3) is 5.47. The van der Waals surface area contributed by atoms with Crippen LogP contribution in [0.15, 0.2) is 42.5 Å². The number of rotatable bonds is 7. The Morgan fingerprint density at radius 1 is 1.14 bits per heavy atom. The number of aryl methyl sites for hydroxylation is 3. The fraction of sp³-hybridized carbons (Fsp3) is 0.238. The fourth-order valence-electron chi connectivity index (χ4n) is 2.82. The molecule has 0 saturated heterocycles. The van der Waals surface area contributed by atoms with Gasteiger partial charge < -0.3 is 10.6 Å². The van der Waals surface area contributed by atoms with E-state index in [1.54, 1.807) is 22.9 Å². The third-order valence-corrected chi connectivity index (χ3v) is 4.10. The maximum Gasteiger partial charge on any atom is 0.244 e. The second kappa shape index (κ2) is 9.09. The Morgan fingerprint density at radius 3 is 2.66 bits per heavy atom. The van der Waals surface area contributed by atoms with Crippen LogP contribution in [0.3, 0.4) is 0 Å². The molecule has 150 valence electrons. The Morgan fingerprint density at radius 2 is 1.93 bits per heavy atom. The summed E-state index contributed by atoms with van der Waals surface area (Å²) in [4.78, 5) is 20.7. The Hall–Kier alpha value is -3.55. The van der Waals surface area contributed by atoms with E-state index >= 15 is 0 Å². The minimum absolute atomic E-state index is 0.294. The molecule has 0 bridgehead atoms. The highest BCUT2D eigenvalue weighted by atomic mass is 19.1. The Balaban J connectivity index is 1.53. The van der Waals surface area contributed by atoms with Crippen LogP contribution in [-0.2, 0) is 4.79 Å². The number of hydrogen-bond donors (Lipinski definition) is 2. The minimum atomic E-state index is -0.365. The van der Waals surface area contributed by atoms with Crippen LogP contribution in [0, 0.1) is 26.6 Å². The predicted molar refractivity (Wildman–Crippen MR) is 110 cm³/mol. The molecule has 3 rings (SSSR count). The van der Waals surface area contributed by atoms with Gasteiger partial charge in [-0.15, -0.1) is 0 Å². The first-order chi connectivity index (χ1) is 13.9. The summed E-state index contributed by atoms with van der Waals surface area (Å²) in [5, 5.41) is 10.4.